The molecule has 2 rings (SSSR count). The molecule has 0 saturated carbocycles. The van der Waals surface area contributed by atoms with Gasteiger partial charge in [0.2, 0.25) is 0 Å². The zero-order valence-electron chi connectivity index (χ0n) is 5.66. The van der Waals surface area contributed by atoms with E-state index in [1.807, 2.05) is 12.2 Å². The van der Waals surface area contributed by atoms with Crippen LogP contribution in [0, 0.1) is 5.92 Å². The van der Waals surface area contributed by atoms with Crippen LogP contribution < -0.4 is 0 Å². The number of ether oxygens (including phenoxy) is 1. The summed E-state index contributed by atoms with van der Waals surface area (Å²) in [6.45, 7) is 0.678. The average molecular weight is 138 g/mol. The fourth-order valence-corrected chi connectivity index (χ4v) is 1.45. The van der Waals surface area contributed by atoms with Crippen molar-refractivity contribution in [3.05, 3.63) is 23.8 Å². The molecule has 2 aliphatic rings. The summed E-state index contributed by atoms with van der Waals surface area (Å²) < 4.78 is 5.05. The average Bonchev–Trinajstić information content (AvgIpc) is 2.34. The summed E-state index contributed by atoms with van der Waals surface area (Å²) in [7, 11) is 0. The van der Waals surface area contributed by atoms with Gasteiger partial charge in [-0.15, -0.1) is 0 Å². The molecule has 1 fully saturated rings. The number of fused-ring (bicyclic) bond motifs is 1. The molecule has 54 valence electrons. The lowest BCUT2D eigenvalue weighted by Gasteiger charge is -2.10. The molecule has 2 heteroatoms. The predicted octanol–water partition coefficient (Wildman–Crippen LogP) is 0.838. The summed E-state index contributed by atoms with van der Waals surface area (Å²) in [6.07, 6.45) is 6.42. The van der Waals surface area contributed by atoms with Crippen molar-refractivity contribution in [2.75, 3.05) is 6.61 Å². The predicted molar refractivity (Wildman–Crippen MR) is 37.3 cm³/mol. The van der Waals surface area contributed by atoms with Gasteiger partial charge in [-0.2, -0.15) is 0 Å². The Morgan fingerprint density at radius 1 is 1.60 bits per heavy atom. The lowest BCUT2D eigenvalue weighted by molar-refractivity contribution is -0.0410. The Hall–Kier alpha value is -0.600. The van der Waals surface area contributed by atoms with Crippen LogP contribution in [0.5, 0.6) is 0 Å². The standard InChI is InChI=1S/C8H10O2/c9-8-7-4-2-1-3-6(7)5-10-8/h1-2,4,6,8-9H,3,5H2. The van der Waals surface area contributed by atoms with Gasteiger partial charge >= 0.3 is 0 Å². The first-order valence-corrected chi connectivity index (χ1v) is 3.54. The van der Waals surface area contributed by atoms with E-state index in [2.05, 4.69) is 6.08 Å². The summed E-state index contributed by atoms with van der Waals surface area (Å²) in [4.78, 5) is 0. The van der Waals surface area contributed by atoms with E-state index in [-0.39, 0.29) is 0 Å². The van der Waals surface area contributed by atoms with Crippen molar-refractivity contribution < 1.29 is 9.84 Å². The highest BCUT2D eigenvalue weighted by Crippen LogP contribution is 2.30. The third kappa shape index (κ3) is 0.805. The molecule has 2 atom stereocenters. The van der Waals surface area contributed by atoms with Crippen molar-refractivity contribution >= 4 is 0 Å². The molecule has 0 amide bonds. The van der Waals surface area contributed by atoms with E-state index in [9.17, 15) is 5.11 Å². The second kappa shape index (κ2) is 2.22. The van der Waals surface area contributed by atoms with Crippen molar-refractivity contribution in [1.29, 1.82) is 0 Å². The first kappa shape index (κ1) is 6.13. The van der Waals surface area contributed by atoms with Crippen LogP contribution in [-0.4, -0.2) is 18.0 Å². The second-order valence-corrected chi connectivity index (χ2v) is 2.71. The third-order valence-corrected chi connectivity index (χ3v) is 2.06. The van der Waals surface area contributed by atoms with E-state index in [0.29, 0.717) is 12.5 Å². The quantitative estimate of drug-likeness (QED) is 0.537. The van der Waals surface area contributed by atoms with Crippen molar-refractivity contribution in [3.8, 4) is 0 Å². The summed E-state index contributed by atoms with van der Waals surface area (Å²) in [5.41, 5.74) is 1.04. The largest absolute Gasteiger partial charge is 0.364 e. The molecule has 0 bridgehead atoms. The van der Waals surface area contributed by atoms with Gasteiger partial charge in [0, 0.05) is 5.92 Å². The zero-order valence-corrected chi connectivity index (χ0v) is 5.66. The van der Waals surface area contributed by atoms with Crippen LogP contribution >= 0.6 is 0 Å². The summed E-state index contributed by atoms with van der Waals surface area (Å²) in [5.74, 6) is 0.444. The van der Waals surface area contributed by atoms with E-state index in [1.54, 1.807) is 0 Å². The smallest absolute Gasteiger partial charge is 0.177 e. The monoisotopic (exact) mass is 138 g/mol. The molecular weight excluding hydrogens is 128 g/mol. The highest BCUT2D eigenvalue weighted by Gasteiger charge is 2.29. The van der Waals surface area contributed by atoms with Gasteiger partial charge in [-0.1, -0.05) is 18.2 Å². The lowest BCUT2D eigenvalue weighted by atomic mass is 9.94. The van der Waals surface area contributed by atoms with Crippen LogP contribution in [-0.2, 0) is 4.74 Å². The maximum atomic E-state index is 9.20. The lowest BCUT2D eigenvalue weighted by Crippen LogP contribution is -2.08. The molecule has 10 heavy (non-hydrogen) atoms. The van der Waals surface area contributed by atoms with Gasteiger partial charge in [0.1, 0.15) is 0 Å². The van der Waals surface area contributed by atoms with E-state index in [1.165, 1.54) is 0 Å². The Morgan fingerprint density at radius 2 is 2.50 bits per heavy atom. The van der Waals surface area contributed by atoms with Crippen molar-refractivity contribution in [2.24, 2.45) is 5.92 Å². The molecule has 1 N–H and O–H groups in total. The fraction of sp³-hybridized carbons (Fsp3) is 0.500. The maximum absolute atomic E-state index is 9.20. The van der Waals surface area contributed by atoms with Gasteiger partial charge in [-0.05, 0) is 12.0 Å². The van der Waals surface area contributed by atoms with Gasteiger partial charge in [0.15, 0.2) is 6.29 Å². The Bertz CT molecular complexity index is 193. The van der Waals surface area contributed by atoms with Gasteiger partial charge < -0.3 is 9.84 Å². The molecule has 0 radical (unpaired) electrons. The maximum Gasteiger partial charge on any atom is 0.177 e. The van der Waals surface area contributed by atoms with Gasteiger partial charge in [-0.25, -0.2) is 0 Å². The third-order valence-electron chi connectivity index (χ3n) is 2.06. The van der Waals surface area contributed by atoms with Crippen molar-refractivity contribution in [2.45, 2.75) is 12.7 Å². The Labute approximate surface area is 59.8 Å². The normalized spacial score (nSPS) is 37.5. The van der Waals surface area contributed by atoms with Crippen LogP contribution in [0.15, 0.2) is 23.8 Å². The minimum atomic E-state index is -0.630. The first-order chi connectivity index (χ1) is 4.88. The molecule has 1 heterocycles. The summed E-state index contributed by atoms with van der Waals surface area (Å²) >= 11 is 0. The van der Waals surface area contributed by atoms with Crippen LogP contribution in [0.2, 0.25) is 0 Å². The van der Waals surface area contributed by atoms with Gasteiger partial charge in [0.25, 0.3) is 0 Å². The molecule has 1 saturated heterocycles. The Morgan fingerprint density at radius 3 is 3.30 bits per heavy atom. The van der Waals surface area contributed by atoms with Crippen molar-refractivity contribution in [3.63, 3.8) is 0 Å². The molecule has 1 aliphatic carbocycles. The second-order valence-electron chi connectivity index (χ2n) is 2.71. The van der Waals surface area contributed by atoms with E-state index in [4.69, 9.17) is 4.74 Å². The van der Waals surface area contributed by atoms with Gasteiger partial charge in [-0.3, -0.25) is 0 Å². The van der Waals surface area contributed by atoms with Crippen molar-refractivity contribution in [1.82, 2.24) is 0 Å². The minimum Gasteiger partial charge on any atom is -0.364 e. The number of aliphatic hydroxyl groups excluding tert-OH is 1. The molecule has 0 aromatic rings. The number of hydrogen-bond acceptors (Lipinski definition) is 2. The Kier molecular flexibility index (Phi) is 1.36. The van der Waals surface area contributed by atoms with E-state index < -0.39 is 6.29 Å². The Balaban J connectivity index is 2.25. The minimum absolute atomic E-state index is 0.444. The van der Waals surface area contributed by atoms with Crippen LogP contribution in [0.3, 0.4) is 0 Å². The SMILES string of the molecule is OC1OCC2CC=CC=C21. The van der Waals surface area contributed by atoms with Crippen LogP contribution in [0.4, 0.5) is 0 Å². The van der Waals surface area contributed by atoms with Crippen LogP contribution in [0.25, 0.3) is 0 Å². The molecule has 2 unspecified atom stereocenters. The molecule has 2 nitrogen and oxygen atoms in total. The summed E-state index contributed by atoms with van der Waals surface area (Å²) in [6, 6.07) is 0. The summed E-state index contributed by atoms with van der Waals surface area (Å²) in [5, 5.41) is 9.20. The fourth-order valence-electron chi connectivity index (χ4n) is 1.45. The zero-order chi connectivity index (χ0) is 6.97. The molecule has 0 spiro atoms. The first-order valence-electron chi connectivity index (χ1n) is 3.54. The van der Waals surface area contributed by atoms with E-state index in [0.717, 1.165) is 12.0 Å². The number of rotatable bonds is 0. The number of aliphatic hydroxyl groups is 1. The number of hydrogen-bond donors (Lipinski definition) is 1. The topological polar surface area (TPSA) is 29.5 Å². The van der Waals surface area contributed by atoms with Gasteiger partial charge in [0.05, 0.1) is 6.61 Å². The molecule has 0 aromatic heterocycles. The van der Waals surface area contributed by atoms with Crippen LogP contribution in [0.1, 0.15) is 6.42 Å². The molecule has 0 aromatic carbocycles. The highest BCUT2D eigenvalue weighted by molar-refractivity contribution is 5.24. The molecule has 1 aliphatic heterocycles. The number of allylic oxidation sites excluding steroid dienone is 3. The van der Waals surface area contributed by atoms with E-state index >= 15 is 0 Å². The highest BCUT2D eigenvalue weighted by atomic mass is 16.6. The molecular formula is C8H10O2.